The van der Waals surface area contributed by atoms with Crippen LogP contribution in [0.3, 0.4) is 0 Å². The third-order valence-electron chi connectivity index (χ3n) is 3.31. The van der Waals surface area contributed by atoms with Crippen molar-refractivity contribution in [3.05, 3.63) is 53.6 Å². The highest BCUT2D eigenvalue weighted by atomic mass is 19.1. The number of aromatic amines is 1. The largest absolute Gasteiger partial charge is 0.497 e. The molecular weight excluding hydrogens is 276 g/mol. The lowest BCUT2D eigenvalue weighted by Gasteiger charge is -2.01. The fourth-order valence-electron chi connectivity index (χ4n) is 2.37. The molecule has 5 heteroatoms. The number of ether oxygens (including phenoxy) is 1. The number of fused-ring (bicyclic) bond motifs is 1. The summed E-state index contributed by atoms with van der Waals surface area (Å²) in [7, 11) is 1.53. The fraction of sp³-hybridized carbons (Fsp3) is 0.0625. The zero-order chi connectivity index (χ0) is 15.0. The van der Waals surface area contributed by atoms with Crippen molar-refractivity contribution in [1.29, 1.82) is 0 Å². The Morgan fingerprint density at radius 3 is 2.43 bits per heavy atom. The van der Waals surface area contributed by atoms with Gasteiger partial charge in [0.05, 0.1) is 12.8 Å². The molecule has 0 saturated carbocycles. The summed E-state index contributed by atoms with van der Waals surface area (Å²) in [6.45, 7) is 0. The smallest absolute Gasteiger partial charge is 0.152 e. The first-order chi connectivity index (χ1) is 10.1. The van der Waals surface area contributed by atoms with E-state index in [0.717, 1.165) is 6.07 Å². The quantitative estimate of drug-likeness (QED) is 0.741. The van der Waals surface area contributed by atoms with Crippen LogP contribution in [0, 0.1) is 11.6 Å². The normalized spacial score (nSPS) is 10.8. The van der Waals surface area contributed by atoms with Crippen LogP contribution in [0.25, 0.3) is 22.2 Å². The van der Waals surface area contributed by atoms with Gasteiger partial charge in [-0.25, -0.2) is 8.78 Å². The molecule has 21 heavy (non-hydrogen) atoms. The molecule has 0 aliphatic carbocycles. The molecule has 3 nitrogen and oxygen atoms in total. The topological polar surface area (TPSA) is 42.1 Å². The van der Waals surface area contributed by atoms with E-state index in [9.17, 15) is 13.6 Å². The van der Waals surface area contributed by atoms with Gasteiger partial charge in [-0.05, 0) is 30.3 Å². The number of nitrogens with one attached hydrogen (secondary N) is 1. The molecule has 0 radical (unpaired) electrons. The van der Waals surface area contributed by atoms with Crippen LogP contribution in [0.15, 0.2) is 36.4 Å². The Morgan fingerprint density at radius 2 is 1.81 bits per heavy atom. The van der Waals surface area contributed by atoms with Crippen molar-refractivity contribution in [2.45, 2.75) is 0 Å². The summed E-state index contributed by atoms with van der Waals surface area (Å²) < 4.78 is 31.8. The maximum Gasteiger partial charge on any atom is 0.152 e. The number of hydrogen-bond acceptors (Lipinski definition) is 2. The van der Waals surface area contributed by atoms with Crippen LogP contribution in [-0.4, -0.2) is 18.4 Å². The van der Waals surface area contributed by atoms with Crippen molar-refractivity contribution in [2.24, 2.45) is 0 Å². The van der Waals surface area contributed by atoms with Gasteiger partial charge < -0.3 is 9.72 Å². The molecule has 0 atom stereocenters. The predicted octanol–water partition coefficient (Wildman–Crippen LogP) is 3.93. The lowest BCUT2D eigenvalue weighted by atomic mass is 10.1. The van der Waals surface area contributed by atoms with Gasteiger partial charge in [0.15, 0.2) is 6.29 Å². The molecular formula is C16H11F2NO2. The van der Waals surface area contributed by atoms with Crippen molar-refractivity contribution < 1.29 is 18.3 Å². The Bertz CT molecular complexity index is 819. The molecule has 2 aromatic carbocycles. The standard InChI is InChI=1S/C16H11F2NO2/c1-21-12-2-3-15-13(7-12)14(8-20)16(19-15)9-4-10(17)6-11(18)5-9/h2-8,19H,1H3. The molecule has 3 rings (SSSR count). The van der Waals surface area contributed by atoms with E-state index in [0.29, 0.717) is 34.2 Å². The lowest BCUT2D eigenvalue weighted by molar-refractivity contribution is 0.112. The third-order valence-corrected chi connectivity index (χ3v) is 3.31. The average molecular weight is 287 g/mol. The molecule has 1 N–H and O–H groups in total. The number of H-pyrrole nitrogens is 1. The maximum atomic E-state index is 13.4. The van der Waals surface area contributed by atoms with Crippen molar-refractivity contribution >= 4 is 17.2 Å². The SMILES string of the molecule is COc1ccc2[nH]c(-c3cc(F)cc(F)c3)c(C=O)c2c1. The summed E-state index contributed by atoms with van der Waals surface area (Å²) in [6.07, 6.45) is 0.663. The monoisotopic (exact) mass is 287 g/mol. The summed E-state index contributed by atoms with van der Waals surface area (Å²) in [6, 6.07) is 8.34. The molecule has 0 unspecified atom stereocenters. The van der Waals surface area contributed by atoms with Crippen LogP contribution in [0.2, 0.25) is 0 Å². The first-order valence-electron chi connectivity index (χ1n) is 6.23. The zero-order valence-corrected chi connectivity index (χ0v) is 11.1. The highest BCUT2D eigenvalue weighted by molar-refractivity contribution is 6.04. The number of carbonyl (C=O) groups is 1. The number of aromatic nitrogens is 1. The Hall–Kier alpha value is -2.69. The minimum Gasteiger partial charge on any atom is -0.497 e. The number of halogens is 2. The Kier molecular flexibility index (Phi) is 3.17. The van der Waals surface area contributed by atoms with Crippen LogP contribution >= 0.6 is 0 Å². The molecule has 0 fully saturated rings. The lowest BCUT2D eigenvalue weighted by Crippen LogP contribution is -1.88. The van der Waals surface area contributed by atoms with Gasteiger partial charge in [-0.15, -0.1) is 0 Å². The van der Waals surface area contributed by atoms with E-state index >= 15 is 0 Å². The maximum absolute atomic E-state index is 13.4. The number of aldehydes is 1. The van der Waals surface area contributed by atoms with E-state index in [1.165, 1.54) is 19.2 Å². The first-order valence-corrected chi connectivity index (χ1v) is 6.23. The molecule has 0 saturated heterocycles. The second kappa shape index (κ2) is 5.01. The van der Waals surface area contributed by atoms with Gasteiger partial charge in [0.25, 0.3) is 0 Å². The van der Waals surface area contributed by atoms with Gasteiger partial charge in [0.2, 0.25) is 0 Å². The van der Waals surface area contributed by atoms with Crippen LogP contribution in [0.4, 0.5) is 8.78 Å². The van der Waals surface area contributed by atoms with Crippen LogP contribution in [0.5, 0.6) is 5.75 Å². The first kappa shape index (κ1) is 13.3. The number of carbonyl (C=O) groups excluding carboxylic acids is 1. The summed E-state index contributed by atoms with van der Waals surface area (Å²) in [5, 5.41) is 0.643. The highest BCUT2D eigenvalue weighted by Crippen LogP contribution is 2.32. The molecule has 0 spiro atoms. The van der Waals surface area contributed by atoms with E-state index in [1.807, 2.05) is 0 Å². The summed E-state index contributed by atoms with van der Waals surface area (Å²) in [5.74, 6) is -0.794. The molecule has 1 aromatic heterocycles. The Labute approximate surface area is 119 Å². The molecule has 0 amide bonds. The molecule has 0 aliphatic rings. The van der Waals surface area contributed by atoms with Gasteiger partial charge in [-0.2, -0.15) is 0 Å². The Morgan fingerprint density at radius 1 is 1.10 bits per heavy atom. The molecule has 0 aliphatic heterocycles. The van der Waals surface area contributed by atoms with Crippen molar-refractivity contribution in [3.8, 4) is 17.0 Å². The number of rotatable bonds is 3. The summed E-state index contributed by atoms with van der Waals surface area (Å²) >= 11 is 0. The summed E-state index contributed by atoms with van der Waals surface area (Å²) in [4.78, 5) is 14.4. The van der Waals surface area contributed by atoms with E-state index in [1.54, 1.807) is 18.2 Å². The number of benzene rings is 2. The van der Waals surface area contributed by atoms with E-state index in [4.69, 9.17) is 4.74 Å². The molecule has 0 bridgehead atoms. The highest BCUT2D eigenvalue weighted by Gasteiger charge is 2.14. The number of methoxy groups -OCH3 is 1. The minimum absolute atomic E-state index is 0.282. The van der Waals surface area contributed by atoms with Crippen LogP contribution < -0.4 is 4.74 Å². The third kappa shape index (κ3) is 2.27. The van der Waals surface area contributed by atoms with E-state index in [-0.39, 0.29) is 5.56 Å². The van der Waals surface area contributed by atoms with Crippen LogP contribution in [0.1, 0.15) is 10.4 Å². The molecule has 106 valence electrons. The predicted molar refractivity (Wildman–Crippen MR) is 75.6 cm³/mol. The van der Waals surface area contributed by atoms with Crippen molar-refractivity contribution in [1.82, 2.24) is 4.98 Å². The van der Waals surface area contributed by atoms with Gasteiger partial charge in [0.1, 0.15) is 17.4 Å². The van der Waals surface area contributed by atoms with Gasteiger partial charge in [0, 0.05) is 28.1 Å². The second-order valence-electron chi connectivity index (χ2n) is 4.60. The van der Waals surface area contributed by atoms with E-state index in [2.05, 4.69) is 4.98 Å². The van der Waals surface area contributed by atoms with E-state index < -0.39 is 11.6 Å². The van der Waals surface area contributed by atoms with Crippen molar-refractivity contribution in [2.75, 3.05) is 7.11 Å². The molecule has 3 aromatic rings. The van der Waals surface area contributed by atoms with Gasteiger partial charge in [-0.3, -0.25) is 4.79 Å². The average Bonchev–Trinajstić information content (AvgIpc) is 2.83. The zero-order valence-electron chi connectivity index (χ0n) is 11.1. The second-order valence-corrected chi connectivity index (χ2v) is 4.60. The Balaban J connectivity index is 2.29. The summed E-state index contributed by atoms with van der Waals surface area (Å²) in [5.41, 5.74) is 1.70. The van der Waals surface area contributed by atoms with Crippen molar-refractivity contribution in [3.63, 3.8) is 0 Å². The van der Waals surface area contributed by atoms with Gasteiger partial charge >= 0.3 is 0 Å². The fourth-order valence-corrected chi connectivity index (χ4v) is 2.37. The van der Waals surface area contributed by atoms with Gasteiger partial charge in [-0.1, -0.05) is 0 Å². The minimum atomic E-state index is -0.696. The molecule has 1 heterocycles. The van der Waals surface area contributed by atoms with Crippen LogP contribution in [-0.2, 0) is 0 Å². The number of hydrogen-bond donors (Lipinski definition) is 1.